The zero-order valence-corrected chi connectivity index (χ0v) is 21.2. The molecule has 1 aliphatic rings. The summed E-state index contributed by atoms with van der Waals surface area (Å²) < 4.78 is 34.7. The summed E-state index contributed by atoms with van der Waals surface area (Å²) in [6.07, 6.45) is -1.09. The summed E-state index contributed by atoms with van der Waals surface area (Å²) in [6.45, 7) is 5.72. The Hall–Kier alpha value is -2.34. The third kappa shape index (κ3) is 5.26. The quantitative estimate of drug-likeness (QED) is 0.371. The molecule has 0 fully saturated rings. The zero-order chi connectivity index (χ0) is 23.8. The largest absolute Gasteiger partial charge is 0.476 e. The molecule has 0 radical (unpaired) electrons. The summed E-state index contributed by atoms with van der Waals surface area (Å²) in [5.74, 6) is -0.272. The van der Waals surface area contributed by atoms with Gasteiger partial charge in [-0.15, -0.1) is 10.2 Å². The maximum atomic E-state index is 13.5. The highest BCUT2D eigenvalue weighted by Crippen LogP contribution is 2.39. The topological polar surface area (TPSA) is 101 Å². The number of fused-ring (bicyclic) bond motifs is 1. The average molecular weight is 525 g/mol. The van der Waals surface area contributed by atoms with Gasteiger partial charge in [-0.1, -0.05) is 66.2 Å². The third-order valence-corrected chi connectivity index (χ3v) is 8.62. The number of carbonyl (C=O) groups excluding carboxylic acids is 1. The fraction of sp³-hybridized carbons (Fsp3) is 0.286. The molecule has 12 heteroatoms. The predicted molar refractivity (Wildman–Crippen MR) is 131 cm³/mol. The van der Waals surface area contributed by atoms with E-state index >= 15 is 0 Å². The highest BCUT2D eigenvalue weighted by Gasteiger charge is 2.38. The number of amides is 1. The Morgan fingerprint density at radius 1 is 1.24 bits per heavy atom. The van der Waals surface area contributed by atoms with Gasteiger partial charge in [0, 0.05) is 10.3 Å². The highest BCUT2D eigenvalue weighted by atomic mass is 35.5. The van der Waals surface area contributed by atoms with Crippen LogP contribution in [0.2, 0.25) is 5.02 Å². The Morgan fingerprint density at radius 3 is 2.67 bits per heavy atom. The SMILES string of the molecule is Cc1ccc(S(=O)(=O)N2C[C@@H](C(=O)Nc3nnc(SC(C)C)s3)Oc3ccc(Cl)cc32)cc1. The minimum Gasteiger partial charge on any atom is -0.476 e. The minimum atomic E-state index is -3.97. The lowest BCUT2D eigenvalue weighted by molar-refractivity contribution is -0.122. The van der Waals surface area contributed by atoms with E-state index in [1.54, 1.807) is 24.3 Å². The van der Waals surface area contributed by atoms with Crippen LogP contribution in [0, 0.1) is 6.92 Å². The number of thioether (sulfide) groups is 1. The molecule has 1 atom stereocenters. The molecule has 1 aromatic heterocycles. The van der Waals surface area contributed by atoms with Crippen LogP contribution in [0.15, 0.2) is 51.7 Å². The summed E-state index contributed by atoms with van der Waals surface area (Å²) in [7, 11) is -3.97. The second-order valence-corrected chi connectivity index (χ2v) is 12.7. The van der Waals surface area contributed by atoms with Gasteiger partial charge in [0.2, 0.25) is 5.13 Å². The van der Waals surface area contributed by atoms with Crippen molar-refractivity contribution in [1.29, 1.82) is 0 Å². The molecule has 1 N–H and O–H groups in total. The number of carbonyl (C=O) groups is 1. The van der Waals surface area contributed by atoms with Gasteiger partial charge in [-0.3, -0.25) is 14.4 Å². The molecule has 4 rings (SSSR count). The van der Waals surface area contributed by atoms with Gasteiger partial charge in [0.15, 0.2) is 10.4 Å². The van der Waals surface area contributed by atoms with Gasteiger partial charge in [-0.2, -0.15) is 0 Å². The molecule has 33 heavy (non-hydrogen) atoms. The summed E-state index contributed by atoms with van der Waals surface area (Å²) in [4.78, 5) is 13.1. The van der Waals surface area contributed by atoms with Crippen LogP contribution in [-0.4, -0.2) is 42.4 Å². The summed E-state index contributed by atoms with van der Waals surface area (Å²) in [5, 5.41) is 11.7. The number of anilines is 2. The van der Waals surface area contributed by atoms with Crippen molar-refractivity contribution < 1.29 is 17.9 Å². The van der Waals surface area contributed by atoms with E-state index in [2.05, 4.69) is 15.5 Å². The number of nitrogens with zero attached hydrogens (tertiary/aromatic N) is 3. The van der Waals surface area contributed by atoms with Crippen molar-refractivity contribution in [1.82, 2.24) is 10.2 Å². The van der Waals surface area contributed by atoms with E-state index in [4.69, 9.17) is 16.3 Å². The molecule has 174 valence electrons. The van der Waals surface area contributed by atoms with Gasteiger partial charge in [0.25, 0.3) is 15.9 Å². The van der Waals surface area contributed by atoms with Crippen molar-refractivity contribution in [2.24, 2.45) is 0 Å². The van der Waals surface area contributed by atoms with Gasteiger partial charge < -0.3 is 4.74 Å². The number of halogens is 1. The second-order valence-electron chi connectivity index (χ2n) is 7.60. The van der Waals surface area contributed by atoms with E-state index in [1.807, 2.05) is 20.8 Å². The van der Waals surface area contributed by atoms with E-state index in [9.17, 15) is 13.2 Å². The average Bonchev–Trinajstić information content (AvgIpc) is 3.19. The standard InChI is InChI=1S/C21H21ClN4O4S3/c1-12(2)31-21-25-24-20(32-21)23-19(27)18-11-26(16-10-14(22)6-9-17(16)30-18)33(28,29)15-7-4-13(3)5-8-15/h4-10,12,18H,11H2,1-3H3,(H,23,24,27)/t18-/m0/s1. The first-order valence-electron chi connectivity index (χ1n) is 10.00. The fourth-order valence-electron chi connectivity index (χ4n) is 3.12. The highest BCUT2D eigenvalue weighted by molar-refractivity contribution is 8.01. The lowest BCUT2D eigenvalue weighted by atomic mass is 10.2. The summed E-state index contributed by atoms with van der Waals surface area (Å²) >= 11 is 8.92. The van der Waals surface area contributed by atoms with E-state index < -0.39 is 22.0 Å². The number of sulfonamides is 1. The van der Waals surface area contributed by atoms with E-state index in [1.165, 1.54) is 41.3 Å². The fourth-order valence-corrected chi connectivity index (χ4v) is 6.73. The minimum absolute atomic E-state index is 0.111. The zero-order valence-electron chi connectivity index (χ0n) is 18.0. The molecule has 2 heterocycles. The van der Waals surface area contributed by atoms with Gasteiger partial charge >= 0.3 is 0 Å². The number of nitrogens with one attached hydrogen (secondary N) is 1. The molecule has 0 bridgehead atoms. The molecule has 0 unspecified atom stereocenters. The molecule has 0 aliphatic carbocycles. The van der Waals surface area contributed by atoms with Gasteiger partial charge in [0.1, 0.15) is 5.75 Å². The van der Waals surface area contributed by atoms with Crippen molar-refractivity contribution in [2.45, 2.75) is 41.4 Å². The van der Waals surface area contributed by atoms with Crippen molar-refractivity contribution in [2.75, 3.05) is 16.2 Å². The van der Waals surface area contributed by atoms with E-state index in [0.29, 0.717) is 15.4 Å². The number of hydrogen-bond donors (Lipinski definition) is 1. The molecule has 0 saturated heterocycles. The first-order valence-corrected chi connectivity index (χ1v) is 13.5. The number of benzene rings is 2. The molecule has 1 aliphatic heterocycles. The van der Waals surface area contributed by atoms with Crippen LogP contribution in [0.1, 0.15) is 19.4 Å². The van der Waals surface area contributed by atoms with Gasteiger partial charge in [0.05, 0.1) is 17.1 Å². The Balaban J connectivity index is 1.63. The monoisotopic (exact) mass is 524 g/mol. The molecule has 8 nitrogen and oxygen atoms in total. The maximum absolute atomic E-state index is 13.5. The number of hydrogen-bond acceptors (Lipinski definition) is 8. The number of aryl methyl sites for hydroxylation is 1. The summed E-state index contributed by atoms with van der Waals surface area (Å²) in [6, 6.07) is 11.2. The molecule has 3 aromatic rings. The lowest BCUT2D eigenvalue weighted by Gasteiger charge is -2.34. The van der Waals surface area contributed by atoms with Crippen molar-refractivity contribution in [3.05, 3.63) is 53.1 Å². The normalized spacial score (nSPS) is 15.8. The molecule has 2 aromatic carbocycles. The predicted octanol–water partition coefficient (Wildman–Crippen LogP) is 4.60. The number of aromatic nitrogens is 2. The lowest BCUT2D eigenvalue weighted by Crippen LogP contribution is -2.48. The molecule has 0 spiro atoms. The number of ether oxygens (including phenoxy) is 1. The van der Waals surface area contributed by atoms with Crippen molar-refractivity contribution in [3.63, 3.8) is 0 Å². The molecular weight excluding hydrogens is 504 g/mol. The Kier molecular flexibility index (Phi) is 6.85. The van der Waals surface area contributed by atoms with Crippen LogP contribution in [0.3, 0.4) is 0 Å². The third-order valence-electron chi connectivity index (χ3n) is 4.67. The van der Waals surface area contributed by atoms with Crippen molar-refractivity contribution in [3.8, 4) is 5.75 Å². The molecular formula is C21H21ClN4O4S3. The maximum Gasteiger partial charge on any atom is 0.269 e. The Morgan fingerprint density at radius 2 is 1.97 bits per heavy atom. The first kappa shape index (κ1) is 23.8. The van der Waals surface area contributed by atoms with Crippen LogP contribution in [-0.2, 0) is 14.8 Å². The van der Waals surface area contributed by atoms with Crippen LogP contribution in [0.25, 0.3) is 0 Å². The number of rotatable bonds is 6. The summed E-state index contributed by atoms with van der Waals surface area (Å²) in [5.41, 5.74) is 1.21. The van der Waals surface area contributed by atoms with Crippen LogP contribution >= 0.6 is 34.7 Å². The smallest absolute Gasteiger partial charge is 0.269 e. The van der Waals surface area contributed by atoms with Crippen LogP contribution < -0.4 is 14.4 Å². The van der Waals surface area contributed by atoms with E-state index in [0.717, 1.165) is 14.2 Å². The van der Waals surface area contributed by atoms with E-state index in [-0.39, 0.29) is 22.9 Å². The molecule has 0 saturated carbocycles. The van der Waals surface area contributed by atoms with Crippen LogP contribution in [0.5, 0.6) is 5.75 Å². The van der Waals surface area contributed by atoms with Gasteiger partial charge in [-0.25, -0.2) is 8.42 Å². The second kappa shape index (κ2) is 9.49. The van der Waals surface area contributed by atoms with Gasteiger partial charge in [-0.05, 0) is 37.3 Å². The Labute approximate surface area is 205 Å². The van der Waals surface area contributed by atoms with Crippen molar-refractivity contribution >= 4 is 61.4 Å². The van der Waals surface area contributed by atoms with Crippen LogP contribution in [0.4, 0.5) is 10.8 Å². The Bertz CT molecular complexity index is 1280. The molecule has 1 amide bonds. The first-order chi connectivity index (χ1) is 15.6.